The fourth-order valence-corrected chi connectivity index (χ4v) is 17.2. The maximum atomic E-state index is 14.3. The Hall–Kier alpha value is -6.92. The molecule has 15 nitrogen and oxygen atoms in total. The van der Waals surface area contributed by atoms with Gasteiger partial charge in [-0.1, -0.05) is 150 Å². The van der Waals surface area contributed by atoms with E-state index in [1.165, 1.54) is 37.3 Å². The Morgan fingerprint density at radius 2 is 0.804 bits per heavy atom. The van der Waals surface area contributed by atoms with Gasteiger partial charge in [0.25, 0.3) is 6.43 Å². The Kier molecular flexibility index (Phi) is 28.9. The highest BCUT2D eigenvalue weighted by Crippen LogP contribution is 2.57. The molecule has 20 heteroatoms. The van der Waals surface area contributed by atoms with Crippen molar-refractivity contribution < 1.29 is 70.8 Å². The molecule has 3 unspecified atom stereocenters. The normalized spacial score (nSPS) is 20.1. The number of halogens is 5. The van der Waals surface area contributed by atoms with Crippen molar-refractivity contribution in [3.8, 4) is 0 Å². The molecule has 5 aliphatic rings. The first-order valence-electron chi connectivity index (χ1n) is 39.2. The summed E-state index contributed by atoms with van der Waals surface area (Å²) >= 11 is 12.6. The molecule has 107 heavy (non-hydrogen) atoms. The van der Waals surface area contributed by atoms with Gasteiger partial charge >= 0.3 is 17.9 Å². The summed E-state index contributed by atoms with van der Waals surface area (Å²) in [5, 5.41) is 41.9. The number of carbonyl (C=O) groups excluding carboxylic acids is 3. The summed E-state index contributed by atoms with van der Waals surface area (Å²) in [6.45, 7) is 26.0. The van der Waals surface area contributed by atoms with E-state index < -0.39 is 30.3 Å². The molecule has 584 valence electrons. The predicted octanol–water partition coefficient (Wildman–Crippen LogP) is 23.1. The zero-order chi connectivity index (χ0) is 78.0. The van der Waals surface area contributed by atoms with Gasteiger partial charge in [0, 0.05) is 114 Å². The minimum absolute atomic E-state index is 0.00330. The van der Waals surface area contributed by atoms with E-state index in [1.54, 1.807) is 24.3 Å². The summed E-state index contributed by atoms with van der Waals surface area (Å²) in [6, 6.07) is 16.0. The third-order valence-corrected chi connectivity index (χ3v) is 24.1. The molecule has 3 N–H and O–H groups in total. The minimum Gasteiger partial charge on any atom is -0.481 e. The molecule has 0 saturated heterocycles. The number of hydrogen-bond donors (Lipinski definition) is 3. The minimum atomic E-state index is -2.82. The van der Waals surface area contributed by atoms with Crippen LogP contribution in [0.4, 0.5) is 13.2 Å². The molecule has 3 aromatic heterocycles. The van der Waals surface area contributed by atoms with Crippen LogP contribution in [0.15, 0.2) is 68.2 Å². The molecule has 3 atom stereocenters. The van der Waals surface area contributed by atoms with Gasteiger partial charge in [-0.15, -0.1) is 0 Å². The number of benzene rings is 3. The first-order valence-corrected chi connectivity index (χ1v) is 39.9. The average molecular weight is 1520 g/mol. The van der Waals surface area contributed by atoms with Gasteiger partial charge in [-0.25, -0.2) is 13.2 Å². The van der Waals surface area contributed by atoms with E-state index in [9.17, 15) is 57.3 Å². The van der Waals surface area contributed by atoms with E-state index in [0.29, 0.717) is 86.3 Å². The Bertz CT molecular complexity index is 3890. The van der Waals surface area contributed by atoms with E-state index >= 15 is 0 Å². The van der Waals surface area contributed by atoms with Crippen molar-refractivity contribution in [1.29, 1.82) is 0 Å². The van der Waals surface area contributed by atoms with Crippen LogP contribution in [0.3, 0.4) is 0 Å². The number of alkyl halides is 2. The molecule has 5 aliphatic carbocycles. The predicted molar refractivity (Wildman–Crippen MR) is 409 cm³/mol. The number of aryl methyl sites for hydroxylation is 3. The second-order valence-corrected chi connectivity index (χ2v) is 35.9. The summed E-state index contributed by atoms with van der Waals surface area (Å²) < 4.78 is 60.2. The third-order valence-electron chi connectivity index (χ3n) is 23.3. The quantitative estimate of drug-likeness (QED) is 0.0328. The molecule has 0 radical (unpaired) electrons. The monoisotopic (exact) mass is 1520 g/mol. The van der Waals surface area contributed by atoms with Gasteiger partial charge in [0.15, 0.2) is 0 Å². The van der Waals surface area contributed by atoms with E-state index in [4.69, 9.17) is 36.8 Å². The molecule has 0 aliphatic heterocycles. The largest absolute Gasteiger partial charge is 0.481 e. The first-order chi connectivity index (χ1) is 50.5. The summed E-state index contributed by atoms with van der Waals surface area (Å²) in [6.07, 6.45) is 14.3. The second kappa shape index (κ2) is 36.7. The number of carbonyl (C=O) groups is 6. The molecule has 5 saturated carbocycles. The van der Waals surface area contributed by atoms with Gasteiger partial charge < -0.3 is 28.9 Å². The Balaban J connectivity index is 0.000000185. The van der Waals surface area contributed by atoms with Gasteiger partial charge in [0.2, 0.25) is 0 Å². The van der Waals surface area contributed by atoms with Crippen LogP contribution >= 0.6 is 23.2 Å². The van der Waals surface area contributed by atoms with Crippen LogP contribution in [0.5, 0.6) is 0 Å². The number of rotatable bonds is 37. The van der Waals surface area contributed by atoms with E-state index in [1.807, 2.05) is 45.0 Å². The van der Waals surface area contributed by atoms with Gasteiger partial charge in [-0.3, -0.25) is 28.8 Å². The van der Waals surface area contributed by atoms with Gasteiger partial charge in [-0.05, 0) is 221 Å². The molecule has 5 fully saturated rings. The van der Waals surface area contributed by atoms with Gasteiger partial charge in [0.05, 0.1) is 22.6 Å². The summed E-state index contributed by atoms with van der Waals surface area (Å²) in [4.78, 5) is 73.1. The molecule has 0 spiro atoms. The Labute approximate surface area is 640 Å². The maximum absolute atomic E-state index is 14.3. The van der Waals surface area contributed by atoms with Crippen molar-refractivity contribution in [2.24, 2.45) is 34.0 Å². The number of Topliss-reactive ketones (excluding diaryl/α,β-unsaturated/α-hetero) is 3. The molecule has 3 heterocycles. The fraction of sp³-hybridized carbons (Fsp3) is 0.621. The second-order valence-electron chi connectivity index (χ2n) is 35.1. The fourth-order valence-electron chi connectivity index (χ4n) is 16.6. The summed E-state index contributed by atoms with van der Waals surface area (Å²) in [7, 11) is 0. The number of carboxylic acid groups (broad SMARTS) is 3. The zero-order valence-corrected chi connectivity index (χ0v) is 66.5. The highest BCUT2D eigenvalue weighted by Gasteiger charge is 2.46. The van der Waals surface area contributed by atoms with E-state index in [0.717, 1.165) is 121 Å². The summed E-state index contributed by atoms with van der Waals surface area (Å²) in [5.41, 5.74) is 9.20. The lowest BCUT2D eigenvalue weighted by atomic mass is 9.66. The van der Waals surface area contributed by atoms with Crippen LogP contribution in [-0.4, -0.2) is 66.0 Å². The number of aromatic nitrogens is 3. The van der Waals surface area contributed by atoms with Crippen molar-refractivity contribution in [3.63, 3.8) is 0 Å². The van der Waals surface area contributed by atoms with Gasteiger partial charge in [0.1, 0.15) is 40.4 Å². The van der Waals surface area contributed by atoms with Crippen molar-refractivity contribution in [3.05, 3.63) is 155 Å². The van der Waals surface area contributed by atoms with Crippen LogP contribution in [0.1, 0.15) is 355 Å². The number of aliphatic carboxylic acids is 3. The standard InChI is InChI=1S/C30H40ClNO4.C30H40FNO4.C27H34ClF2NO4/c2*1-5-30(3,4)17-19-13-23(14-19)29-27(20-8-9-20)28(32-36-29)22(10-11-26(34)35)16-24(33)15-21-7-6-18(2)12-25(21)31;1-15-5-6-17(21(28)9-15)12-20(32)13-18(7-8-22(33)34)24-23(26(29)30)25(35-31-24)19-10-16(11-19)14-27(2,3)4/h2*6-7,12,19-20,22-23H,5,8-11,13-17H2,1-4H3,(H,34,35);5-6,9,16,18-19,26H,7-8,10-14H2,1-4H3,(H,33,34). The van der Waals surface area contributed by atoms with Crippen LogP contribution in [-0.2, 0) is 48.0 Å². The highest BCUT2D eigenvalue weighted by atomic mass is 35.5. The SMILES string of the molecule is CCC(C)(C)CC1CC(c2onc(C(CCC(=O)O)CC(=O)Cc3ccc(C)cc3Cl)c2C2CC2)C1.CCC(C)(C)CC1CC(c2onc(C(CCC(=O)O)CC(=O)Cc3ccc(C)cc3F)c2C2CC2)C1.Cc1ccc(CC(=O)CC(CCC(=O)O)c2noc(C3CC(CC(C)(C)C)C3)c2C(F)F)c(Cl)c1. The number of carboxylic acids is 3. The highest BCUT2D eigenvalue weighted by molar-refractivity contribution is 6.32. The van der Waals surface area contributed by atoms with Crippen molar-refractivity contribution >= 4 is 58.5 Å². The van der Waals surface area contributed by atoms with Gasteiger partial charge in [-0.2, -0.15) is 0 Å². The lowest BCUT2D eigenvalue weighted by Crippen LogP contribution is -2.27. The molecule has 0 amide bonds. The van der Waals surface area contributed by atoms with Crippen molar-refractivity contribution in [2.75, 3.05) is 0 Å². The van der Waals surface area contributed by atoms with Crippen LogP contribution in [0.2, 0.25) is 10.0 Å². The molecule has 0 bridgehead atoms. The Morgan fingerprint density at radius 3 is 1.14 bits per heavy atom. The van der Waals surface area contributed by atoms with Crippen LogP contribution in [0, 0.1) is 60.6 Å². The number of ketones is 3. The lowest BCUT2D eigenvalue weighted by molar-refractivity contribution is -0.138. The smallest absolute Gasteiger partial charge is 0.303 e. The molecule has 3 aromatic carbocycles. The molecular weight excluding hydrogens is 1410 g/mol. The molecule has 11 rings (SSSR count). The van der Waals surface area contributed by atoms with Crippen molar-refractivity contribution in [2.45, 2.75) is 310 Å². The maximum Gasteiger partial charge on any atom is 0.303 e. The average Bonchev–Trinajstić information content (AvgIpc) is 1.64. The first kappa shape index (κ1) is 84.1. The van der Waals surface area contributed by atoms with Crippen LogP contribution in [0.25, 0.3) is 0 Å². The topological polar surface area (TPSA) is 241 Å². The Morgan fingerprint density at radius 1 is 0.477 bits per heavy atom. The van der Waals surface area contributed by atoms with Crippen LogP contribution < -0.4 is 0 Å². The number of hydrogen-bond acceptors (Lipinski definition) is 12. The zero-order valence-electron chi connectivity index (χ0n) is 65.0. The van der Waals surface area contributed by atoms with E-state index in [-0.39, 0.29) is 128 Å². The lowest BCUT2D eigenvalue weighted by Gasteiger charge is -2.39. The summed E-state index contributed by atoms with van der Waals surface area (Å²) in [5.74, 6) is 0.658. The molecular formula is C87H114Cl2F3N3O12. The number of nitrogens with zero attached hydrogens (tertiary/aromatic N) is 3. The van der Waals surface area contributed by atoms with E-state index in [2.05, 4.69) is 77.8 Å². The third kappa shape index (κ3) is 24.0. The van der Waals surface area contributed by atoms with Crippen molar-refractivity contribution in [1.82, 2.24) is 15.5 Å². The molecule has 6 aromatic rings.